The van der Waals surface area contributed by atoms with Crippen LogP contribution < -0.4 is 5.32 Å². The van der Waals surface area contributed by atoms with Gasteiger partial charge in [-0.1, -0.05) is 6.92 Å². The fourth-order valence-electron chi connectivity index (χ4n) is 1.98. The zero-order chi connectivity index (χ0) is 12.1. The molecule has 2 heterocycles. The third-order valence-electron chi connectivity index (χ3n) is 2.95. The van der Waals surface area contributed by atoms with Crippen molar-refractivity contribution in [1.29, 1.82) is 0 Å². The lowest BCUT2D eigenvalue weighted by molar-refractivity contribution is 0.0787. The van der Waals surface area contributed by atoms with Crippen LogP contribution >= 0.6 is 0 Å². The Hall–Kier alpha value is -1.58. The molecule has 0 spiro atoms. The molecule has 2 rings (SSSR count). The van der Waals surface area contributed by atoms with E-state index in [-0.39, 0.29) is 5.91 Å². The molecule has 0 saturated carbocycles. The molecule has 92 valence electrons. The van der Waals surface area contributed by atoms with Gasteiger partial charge in [-0.15, -0.1) is 0 Å². The first-order valence-corrected chi connectivity index (χ1v) is 6.30. The predicted molar refractivity (Wildman–Crippen MR) is 68.2 cm³/mol. The lowest BCUT2D eigenvalue weighted by atomic mass is 10.3. The molecule has 4 nitrogen and oxygen atoms in total. The van der Waals surface area contributed by atoms with Crippen molar-refractivity contribution in [3.63, 3.8) is 0 Å². The molecule has 0 aromatic carbocycles. The molecule has 17 heavy (non-hydrogen) atoms. The smallest absolute Gasteiger partial charge is 0.272 e. The second-order valence-electron chi connectivity index (χ2n) is 4.36. The summed E-state index contributed by atoms with van der Waals surface area (Å²) in [5.74, 6) is 0.0598. The predicted octanol–water partition coefficient (Wildman–Crippen LogP) is 2.14. The van der Waals surface area contributed by atoms with E-state index in [9.17, 15) is 4.79 Å². The Labute approximate surface area is 102 Å². The van der Waals surface area contributed by atoms with E-state index >= 15 is 0 Å². The average Bonchev–Trinajstić information content (AvgIpc) is 2.90. The highest BCUT2D eigenvalue weighted by molar-refractivity contribution is 5.92. The van der Waals surface area contributed by atoms with Crippen molar-refractivity contribution in [2.24, 2.45) is 0 Å². The van der Waals surface area contributed by atoms with Crippen LogP contribution in [-0.2, 0) is 0 Å². The molecule has 1 saturated heterocycles. The Morgan fingerprint density at radius 3 is 2.76 bits per heavy atom. The van der Waals surface area contributed by atoms with E-state index in [1.165, 1.54) is 0 Å². The summed E-state index contributed by atoms with van der Waals surface area (Å²) < 4.78 is 0. The number of hydrogen-bond acceptors (Lipinski definition) is 3. The van der Waals surface area contributed by atoms with Gasteiger partial charge in [0.15, 0.2) is 0 Å². The number of nitrogens with one attached hydrogen (secondary N) is 1. The lowest BCUT2D eigenvalue weighted by Crippen LogP contribution is -2.28. The van der Waals surface area contributed by atoms with E-state index < -0.39 is 0 Å². The number of hydrogen-bond donors (Lipinski definition) is 1. The second kappa shape index (κ2) is 5.66. The van der Waals surface area contributed by atoms with Crippen molar-refractivity contribution in [1.82, 2.24) is 9.88 Å². The molecule has 1 fully saturated rings. The van der Waals surface area contributed by atoms with E-state index in [0.717, 1.165) is 44.6 Å². The SMILES string of the molecule is CCCNc1ccc(C(=O)N2CCCC2)nc1. The standard InChI is InChI=1S/C13H19N3O/c1-2-7-14-11-5-6-12(15-10-11)13(17)16-8-3-4-9-16/h5-6,10,14H,2-4,7-9H2,1H3. The fraction of sp³-hybridized carbons (Fsp3) is 0.538. The average molecular weight is 233 g/mol. The third-order valence-corrected chi connectivity index (χ3v) is 2.95. The maximum Gasteiger partial charge on any atom is 0.272 e. The summed E-state index contributed by atoms with van der Waals surface area (Å²) in [5, 5.41) is 3.24. The molecule has 1 aromatic heterocycles. The van der Waals surface area contributed by atoms with Crippen molar-refractivity contribution in [3.8, 4) is 0 Å². The van der Waals surface area contributed by atoms with Crippen LogP contribution in [0.2, 0.25) is 0 Å². The van der Waals surface area contributed by atoms with E-state index in [2.05, 4.69) is 17.2 Å². The van der Waals surface area contributed by atoms with E-state index in [4.69, 9.17) is 0 Å². The Balaban J connectivity index is 1.99. The van der Waals surface area contributed by atoms with Gasteiger partial charge in [-0.25, -0.2) is 4.98 Å². The molecule has 0 radical (unpaired) electrons. The van der Waals surface area contributed by atoms with Crippen molar-refractivity contribution in [2.75, 3.05) is 25.0 Å². The Morgan fingerprint density at radius 1 is 1.41 bits per heavy atom. The second-order valence-corrected chi connectivity index (χ2v) is 4.36. The highest BCUT2D eigenvalue weighted by Crippen LogP contribution is 2.13. The minimum Gasteiger partial charge on any atom is -0.384 e. The van der Waals surface area contributed by atoms with Crippen molar-refractivity contribution in [3.05, 3.63) is 24.0 Å². The molecule has 1 amide bonds. The van der Waals surface area contributed by atoms with Crippen molar-refractivity contribution >= 4 is 11.6 Å². The van der Waals surface area contributed by atoms with E-state index in [1.54, 1.807) is 12.3 Å². The summed E-state index contributed by atoms with van der Waals surface area (Å²) in [4.78, 5) is 18.1. The zero-order valence-electron chi connectivity index (χ0n) is 10.3. The molecule has 1 aliphatic rings. The van der Waals surface area contributed by atoms with Crippen LogP contribution in [0.25, 0.3) is 0 Å². The summed E-state index contributed by atoms with van der Waals surface area (Å²) in [7, 11) is 0. The van der Waals surface area contributed by atoms with Crippen LogP contribution in [0.1, 0.15) is 36.7 Å². The molecule has 1 aliphatic heterocycles. The third kappa shape index (κ3) is 2.96. The summed E-state index contributed by atoms with van der Waals surface area (Å²) in [6, 6.07) is 3.73. The van der Waals surface area contributed by atoms with Crippen LogP contribution in [0.4, 0.5) is 5.69 Å². The molecule has 0 atom stereocenters. The van der Waals surface area contributed by atoms with Crippen LogP contribution in [0.3, 0.4) is 0 Å². The molecule has 0 unspecified atom stereocenters. The molecule has 1 aromatic rings. The topological polar surface area (TPSA) is 45.2 Å². The van der Waals surface area contributed by atoms with Gasteiger partial charge in [0.25, 0.3) is 5.91 Å². The molecular weight excluding hydrogens is 214 g/mol. The Bertz CT molecular complexity index is 369. The highest BCUT2D eigenvalue weighted by Gasteiger charge is 2.20. The normalized spacial score (nSPS) is 15.0. The van der Waals surface area contributed by atoms with Gasteiger partial charge in [0.05, 0.1) is 11.9 Å². The minimum atomic E-state index is 0.0598. The summed E-state index contributed by atoms with van der Waals surface area (Å²) in [5.41, 5.74) is 1.53. The number of pyridine rings is 1. The van der Waals surface area contributed by atoms with Crippen molar-refractivity contribution < 1.29 is 4.79 Å². The fourth-order valence-corrected chi connectivity index (χ4v) is 1.98. The first-order valence-electron chi connectivity index (χ1n) is 6.30. The van der Waals surface area contributed by atoms with Crippen LogP contribution in [0.5, 0.6) is 0 Å². The summed E-state index contributed by atoms with van der Waals surface area (Å²) in [6.07, 6.45) is 5.04. The quantitative estimate of drug-likeness (QED) is 0.866. The van der Waals surface area contributed by atoms with Crippen LogP contribution in [-0.4, -0.2) is 35.4 Å². The number of amides is 1. The zero-order valence-corrected chi connectivity index (χ0v) is 10.3. The van der Waals surface area contributed by atoms with Gasteiger partial charge in [0, 0.05) is 19.6 Å². The van der Waals surface area contributed by atoms with E-state index in [1.807, 2.05) is 11.0 Å². The number of anilines is 1. The number of carbonyl (C=O) groups is 1. The number of aromatic nitrogens is 1. The number of carbonyl (C=O) groups excluding carboxylic acids is 1. The molecule has 1 N–H and O–H groups in total. The number of nitrogens with zero attached hydrogens (tertiary/aromatic N) is 2. The monoisotopic (exact) mass is 233 g/mol. The van der Waals surface area contributed by atoms with Gasteiger partial charge in [0.2, 0.25) is 0 Å². The van der Waals surface area contributed by atoms with Crippen LogP contribution in [0.15, 0.2) is 18.3 Å². The molecule has 0 bridgehead atoms. The number of rotatable bonds is 4. The summed E-state index contributed by atoms with van der Waals surface area (Å²) >= 11 is 0. The van der Waals surface area contributed by atoms with Crippen LogP contribution in [0, 0.1) is 0 Å². The van der Waals surface area contributed by atoms with E-state index in [0.29, 0.717) is 5.69 Å². The number of likely N-dealkylation sites (tertiary alicyclic amines) is 1. The maximum absolute atomic E-state index is 12.0. The lowest BCUT2D eigenvalue weighted by Gasteiger charge is -2.14. The largest absolute Gasteiger partial charge is 0.384 e. The van der Waals surface area contributed by atoms with Crippen molar-refractivity contribution in [2.45, 2.75) is 26.2 Å². The van der Waals surface area contributed by atoms with Gasteiger partial charge < -0.3 is 10.2 Å². The van der Waals surface area contributed by atoms with Gasteiger partial charge in [0.1, 0.15) is 5.69 Å². The van der Waals surface area contributed by atoms with Gasteiger partial charge in [-0.05, 0) is 31.4 Å². The molecule has 0 aliphatic carbocycles. The molecule has 4 heteroatoms. The molecular formula is C13H19N3O. The highest BCUT2D eigenvalue weighted by atomic mass is 16.2. The van der Waals surface area contributed by atoms with Gasteiger partial charge in [-0.2, -0.15) is 0 Å². The van der Waals surface area contributed by atoms with Gasteiger partial charge >= 0.3 is 0 Å². The summed E-state index contributed by atoms with van der Waals surface area (Å²) in [6.45, 7) is 4.79. The Kier molecular flexibility index (Phi) is 3.96. The first kappa shape index (κ1) is 11.9. The maximum atomic E-state index is 12.0. The Morgan fingerprint density at radius 2 is 2.18 bits per heavy atom. The van der Waals surface area contributed by atoms with Gasteiger partial charge in [-0.3, -0.25) is 4.79 Å². The minimum absolute atomic E-state index is 0.0598. The first-order chi connectivity index (χ1) is 8.31.